The minimum Gasteiger partial charge on any atom is -0.369 e. The minimum absolute atomic E-state index is 0.0635. The third-order valence-corrected chi connectivity index (χ3v) is 7.83. The van der Waals surface area contributed by atoms with Gasteiger partial charge < -0.3 is 10.2 Å². The molecule has 1 amide bonds. The van der Waals surface area contributed by atoms with E-state index in [1.54, 1.807) is 11.0 Å². The topological polar surface area (TPSA) is 32.3 Å². The van der Waals surface area contributed by atoms with Crippen LogP contribution in [0.2, 0.25) is 0 Å². The summed E-state index contributed by atoms with van der Waals surface area (Å²) in [6, 6.07) is 6.27. The number of anilines is 1. The van der Waals surface area contributed by atoms with E-state index in [0.29, 0.717) is 28.1 Å². The molecule has 2 unspecified atom stereocenters. The molecule has 1 N–H and O–H groups in total. The number of hydrogen-bond acceptors (Lipinski definition) is 3. The second kappa shape index (κ2) is 6.60. The number of benzene rings is 2. The number of rotatable bonds is 2. The molecule has 0 aromatic heterocycles. The number of thioether (sulfide) groups is 1. The van der Waals surface area contributed by atoms with Crippen LogP contribution in [0, 0.1) is 17.0 Å². The average Bonchev–Trinajstić information content (AvgIpc) is 3.34. The van der Waals surface area contributed by atoms with E-state index in [-0.39, 0.29) is 37.5 Å². The van der Waals surface area contributed by atoms with Gasteiger partial charge in [0.25, 0.3) is 5.91 Å². The second-order valence-corrected chi connectivity index (χ2v) is 9.28. The van der Waals surface area contributed by atoms with Crippen molar-refractivity contribution in [3.63, 3.8) is 0 Å². The smallest absolute Gasteiger partial charge is 0.369 e. The van der Waals surface area contributed by atoms with Crippen LogP contribution in [0.1, 0.15) is 22.3 Å². The molecule has 3 aliphatic heterocycles. The van der Waals surface area contributed by atoms with E-state index < -0.39 is 28.5 Å². The second-order valence-electron chi connectivity index (χ2n) is 7.97. The molecule has 0 aliphatic carbocycles. The highest BCUT2D eigenvalue weighted by molar-refractivity contribution is 8.00. The highest BCUT2D eigenvalue weighted by Gasteiger charge is 2.65. The molecule has 2 aromatic rings. The van der Waals surface area contributed by atoms with Crippen LogP contribution in [0.3, 0.4) is 0 Å². The fraction of sp³-hybridized carbons (Fsp3) is 0.381. The van der Waals surface area contributed by atoms with Crippen LogP contribution < -0.4 is 10.2 Å². The van der Waals surface area contributed by atoms with Crippen molar-refractivity contribution < 1.29 is 26.7 Å². The molecule has 3 heterocycles. The predicted molar refractivity (Wildman–Crippen MR) is 105 cm³/mol. The number of nitrogens with one attached hydrogen (secondary N) is 1. The number of nitrogens with zero attached hydrogens (tertiary/aromatic N) is 1. The monoisotopic (exact) mass is 440 g/mol. The number of fused-ring (bicyclic) bond motifs is 2. The van der Waals surface area contributed by atoms with Crippen LogP contribution in [-0.2, 0) is 6.54 Å². The quantitative estimate of drug-likeness (QED) is 0.685. The molecule has 158 valence electrons. The van der Waals surface area contributed by atoms with Crippen LogP contribution in [0.5, 0.6) is 0 Å². The maximum absolute atomic E-state index is 14.4. The van der Waals surface area contributed by atoms with Crippen LogP contribution >= 0.6 is 11.8 Å². The Balaban J connectivity index is 1.62. The molecule has 0 saturated carbocycles. The Morgan fingerprint density at radius 2 is 1.93 bits per heavy atom. The Morgan fingerprint density at radius 3 is 2.63 bits per heavy atom. The zero-order valence-electron chi connectivity index (χ0n) is 15.7. The van der Waals surface area contributed by atoms with Gasteiger partial charge in [0, 0.05) is 53.3 Å². The van der Waals surface area contributed by atoms with Gasteiger partial charge >= 0.3 is 6.18 Å². The highest BCUT2D eigenvalue weighted by Crippen LogP contribution is 2.58. The lowest BCUT2D eigenvalue weighted by Gasteiger charge is -2.31. The fourth-order valence-electron chi connectivity index (χ4n) is 4.79. The number of carbonyl (C=O) groups is 1. The van der Waals surface area contributed by atoms with Crippen LogP contribution in [0.4, 0.5) is 27.6 Å². The van der Waals surface area contributed by atoms with Crippen molar-refractivity contribution in [3.05, 3.63) is 53.1 Å². The van der Waals surface area contributed by atoms with Gasteiger partial charge in [0.2, 0.25) is 0 Å². The Morgan fingerprint density at radius 1 is 1.13 bits per heavy atom. The molecular formula is C21H17F5N2OS. The Hall–Kier alpha value is -2.29. The van der Waals surface area contributed by atoms with Crippen molar-refractivity contribution in [1.82, 2.24) is 5.32 Å². The fourth-order valence-corrected chi connectivity index (χ4v) is 6.48. The van der Waals surface area contributed by atoms with Gasteiger partial charge in [-0.2, -0.15) is 24.9 Å². The van der Waals surface area contributed by atoms with Crippen molar-refractivity contribution in [3.8, 4) is 11.1 Å². The summed E-state index contributed by atoms with van der Waals surface area (Å²) >= 11 is 1.33. The SMILES string of the molecule is O=C1NCc2c1cc(-c1ccc(F)cc1F)cc2N1CC2SCCC2(C(F)(F)F)C1. The highest BCUT2D eigenvalue weighted by atomic mass is 32.2. The van der Waals surface area contributed by atoms with Crippen molar-refractivity contribution in [2.45, 2.75) is 24.4 Å². The zero-order chi connectivity index (χ0) is 21.3. The van der Waals surface area contributed by atoms with Crippen molar-refractivity contribution in [2.75, 3.05) is 23.7 Å². The number of amides is 1. The van der Waals surface area contributed by atoms with E-state index in [0.717, 1.165) is 12.1 Å². The maximum atomic E-state index is 14.4. The van der Waals surface area contributed by atoms with Crippen molar-refractivity contribution >= 4 is 23.4 Å². The summed E-state index contributed by atoms with van der Waals surface area (Å²) < 4.78 is 69.7. The third kappa shape index (κ3) is 2.81. The molecule has 30 heavy (non-hydrogen) atoms. The molecule has 3 nitrogen and oxygen atoms in total. The van der Waals surface area contributed by atoms with Gasteiger partial charge in [-0.3, -0.25) is 4.79 Å². The van der Waals surface area contributed by atoms with Gasteiger partial charge in [-0.05, 0) is 42.0 Å². The molecule has 2 saturated heterocycles. The van der Waals surface area contributed by atoms with Crippen LogP contribution in [0.25, 0.3) is 11.1 Å². The zero-order valence-corrected chi connectivity index (χ0v) is 16.5. The molecule has 0 radical (unpaired) electrons. The Bertz CT molecular complexity index is 1060. The summed E-state index contributed by atoms with van der Waals surface area (Å²) in [6.07, 6.45) is -4.26. The Kier molecular flexibility index (Phi) is 4.33. The first kappa shape index (κ1) is 19.7. The standard InChI is InChI=1S/C21H17F5N2OS/c22-12-1-2-13(16(23)7-12)11-5-14-15(8-27-19(14)29)17(6-11)28-9-18-20(10-28,3-4-30-18)21(24,25)26/h1-2,5-7,18H,3-4,8-10H2,(H,27,29). The largest absolute Gasteiger partial charge is 0.397 e. The van der Waals surface area contributed by atoms with E-state index >= 15 is 0 Å². The summed E-state index contributed by atoms with van der Waals surface area (Å²) in [6.45, 7) is 0.229. The molecule has 2 atom stereocenters. The summed E-state index contributed by atoms with van der Waals surface area (Å²) in [5.41, 5.74) is 0.0924. The van der Waals surface area contributed by atoms with Crippen LogP contribution in [-0.4, -0.2) is 36.2 Å². The molecule has 3 aliphatic rings. The number of alkyl halides is 3. The molecule has 5 rings (SSSR count). The number of halogens is 5. The number of carbonyl (C=O) groups excluding carboxylic acids is 1. The van der Waals surface area contributed by atoms with Gasteiger partial charge in [0.1, 0.15) is 11.6 Å². The molecule has 0 spiro atoms. The maximum Gasteiger partial charge on any atom is 0.397 e. The number of hydrogen-bond donors (Lipinski definition) is 1. The van der Waals surface area contributed by atoms with Gasteiger partial charge in [0.15, 0.2) is 0 Å². The molecular weight excluding hydrogens is 423 g/mol. The van der Waals surface area contributed by atoms with E-state index in [1.807, 2.05) is 0 Å². The summed E-state index contributed by atoms with van der Waals surface area (Å²) in [4.78, 5) is 14.0. The molecule has 9 heteroatoms. The minimum atomic E-state index is -4.33. The van der Waals surface area contributed by atoms with Crippen molar-refractivity contribution in [2.24, 2.45) is 5.41 Å². The van der Waals surface area contributed by atoms with Gasteiger partial charge in [0.05, 0.1) is 5.41 Å². The lowest BCUT2D eigenvalue weighted by atomic mass is 9.83. The Labute approximate surface area is 173 Å². The van der Waals surface area contributed by atoms with E-state index in [9.17, 15) is 26.7 Å². The molecule has 2 fully saturated rings. The summed E-state index contributed by atoms with van der Waals surface area (Å²) in [5.74, 6) is -1.40. The van der Waals surface area contributed by atoms with E-state index in [1.165, 1.54) is 23.9 Å². The predicted octanol–water partition coefficient (Wildman–Crippen LogP) is 4.75. The van der Waals surface area contributed by atoms with Gasteiger partial charge in [-0.25, -0.2) is 8.78 Å². The first-order valence-electron chi connectivity index (χ1n) is 9.53. The normalized spacial score (nSPS) is 25.4. The first-order valence-corrected chi connectivity index (χ1v) is 10.6. The summed E-state index contributed by atoms with van der Waals surface area (Å²) in [7, 11) is 0. The van der Waals surface area contributed by atoms with Crippen molar-refractivity contribution in [1.29, 1.82) is 0 Å². The third-order valence-electron chi connectivity index (χ3n) is 6.39. The summed E-state index contributed by atoms with van der Waals surface area (Å²) in [5, 5.41) is 2.12. The van der Waals surface area contributed by atoms with E-state index in [4.69, 9.17) is 0 Å². The van der Waals surface area contributed by atoms with Gasteiger partial charge in [-0.1, -0.05) is 0 Å². The average molecular weight is 440 g/mol. The first-order chi connectivity index (χ1) is 14.2. The molecule has 2 aromatic carbocycles. The van der Waals surface area contributed by atoms with Crippen LogP contribution in [0.15, 0.2) is 30.3 Å². The van der Waals surface area contributed by atoms with Gasteiger partial charge in [-0.15, -0.1) is 0 Å². The lowest BCUT2D eigenvalue weighted by Crippen LogP contribution is -2.43. The molecule has 0 bridgehead atoms. The lowest BCUT2D eigenvalue weighted by molar-refractivity contribution is -0.213. The van der Waals surface area contributed by atoms with E-state index in [2.05, 4.69) is 5.32 Å².